The summed E-state index contributed by atoms with van der Waals surface area (Å²) in [5, 5.41) is 7.17. The molecule has 0 spiro atoms. The van der Waals surface area contributed by atoms with Crippen LogP contribution < -0.4 is 0 Å². The number of hydrogen-bond acceptors (Lipinski definition) is 3. The van der Waals surface area contributed by atoms with Gasteiger partial charge in [0.15, 0.2) is 0 Å². The van der Waals surface area contributed by atoms with Crippen LogP contribution in [0.2, 0.25) is 0 Å². The van der Waals surface area contributed by atoms with E-state index in [4.69, 9.17) is 5.41 Å². The number of allylic oxidation sites excluding steroid dienone is 1. The molecule has 0 fully saturated rings. The zero-order valence-corrected chi connectivity index (χ0v) is 7.45. The predicted molar refractivity (Wildman–Crippen MR) is 53.7 cm³/mol. The zero-order chi connectivity index (χ0) is 8.69. The van der Waals surface area contributed by atoms with E-state index in [1.807, 2.05) is 0 Å². The molecule has 1 N–H and O–H groups in total. The molecular weight excluding hydrogens is 156 g/mol. The topological polar surface area (TPSA) is 36.2 Å². The summed E-state index contributed by atoms with van der Waals surface area (Å²) in [5.74, 6) is 0.688. The lowest BCUT2D eigenvalue weighted by Gasteiger charge is -1.97. The Balaban J connectivity index is 3.88. The normalized spacial score (nSPS) is 10.8. The monoisotopic (exact) mass is 168 g/mol. The molecule has 0 aliphatic rings. The number of nitrogens with zero attached hydrogens (tertiary/aromatic N) is 1. The van der Waals surface area contributed by atoms with Gasteiger partial charge in [0.2, 0.25) is 0 Å². The minimum Gasteiger partial charge on any atom is -0.309 e. The van der Waals surface area contributed by atoms with Crippen LogP contribution in [-0.4, -0.2) is 18.2 Å². The van der Waals surface area contributed by atoms with Gasteiger partial charge in [0.1, 0.15) is 0 Å². The fraction of sp³-hybridized carbons (Fsp3) is 0.250. The van der Waals surface area contributed by atoms with E-state index >= 15 is 0 Å². The molecule has 0 aromatic heterocycles. The smallest absolute Gasteiger partial charge is 0.0396 e. The highest BCUT2D eigenvalue weighted by Gasteiger charge is 1.92. The summed E-state index contributed by atoms with van der Waals surface area (Å²) in [6, 6.07) is 0. The Bertz CT molecular complexity index is 194. The number of thioether (sulfide) groups is 1. The second kappa shape index (κ2) is 5.92. The maximum atomic E-state index is 7.17. The van der Waals surface area contributed by atoms with Gasteiger partial charge in [0, 0.05) is 22.6 Å². The summed E-state index contributed by atoms with van der Waals surface area (Å²) >= 11 is 1.54. The van der Waals surface area contributed by atoms with Crippen LogP contribution >= 0.6 is 11.8 Å². The van der Waals surface area contributed by atoms with Crippen LogP contribution in [0.4, 0.5) is 0 Å². The van der Waals surface area contributed by atoms with Crippen LogP contribution in [0, 0.1) is 5.41 Å². The molecule has 60 valence electrons. The van der Waals surface area contributed by atoms with Crippen molar-refractivity contribution in [1.82, 2.24) is 0 Å². The molecule has 0 heterocycles. The fourth-order valence-electron chi connectivity index (χ4n) is 0.430. The van der Waals surface area contributed by atoms with Crippen molar-refractivity contribution in [2.45, 2.75) is 6.92 Å². The number of hydrogen-bond donors (Lipinski definition) is 1. The first-order valence-corrected chi connectivity index (χ1v) is 4.14. The molecule has 0 rings (SSSR count). The molecule has 0 aromatic rings. The molecule has 3 heteroatoms. The van der Waals surface area contributed by atoms with Gasteiger partial charge in [-0.25, -0.2) is 0 Å². The Kier molecular flexibility index (Phi) is 5.47. The van der Waals surface area contributed by atoms with E-state index in [0.717, 1.165) is 4.91 Å². The van der Waals surface area contributed by atoms with Gasteiger partial charge in [-0.15, -0.1) is 11.8 Å². The quantitative estimate of drug-likeness (QED) is 0.497. The highest BCUT2D eigenvalue weighted by atomic mass is 32.2. The first kappa shape index (κ1) is 10.2. The van der Waals surface area contributed by atoms with E-state index in [2.05, 4.69) is 18.3 Å². The Hall–Kier alpha value is -0.830. The van der Waals surface area contributed by atoms with Crippen molar-refractivity contribution in [3.8, 4) is 0 Å². The summed E-state index contributed by atoms with van der Waals surface area (Å²) in [4.78, 5) is 4.56. The van der Waals surface area contributed by atoms with E-state index in [0.29, 0.717) is 11.5 Å². The van der Waals surface area contributed by atoms with Crippen LogP contribution in [0.5, 0.6) is 0 Å². The predicted octanol–water partition coefficient (Wildman–Crippen LogP) is 2.49. The maximum absolute atomic E-state index is 7.17. The van der Waals surface area contributed by atoms with Crippen molar-refractivity contribution < 1.29 is 0 Å². The average Bonchev–Trinajstić information content (AvgIpc) is 1.97. The van der Waals surface area contributed by atoms with Crippen molar-refractivity contribution in [3.63, 3.8) is 0 Å². The molecule has 0 aliphatic heterocycles. The van der Waals surface area contributed by atoms with Crippen LogP contribution in [0.3, 0.4) is 0 Å². The van der Waals surface area contributed by atoms with Crippen molar-refractivity contribution in [3.05, 3.63) is 23.8 Å². The Morgan fingerprint density at radius 3 is 2.73 bits per heavy atom. The van der Waals surface area contributed by atoms with E-state index in [9.17, 15) is 0 Å². The van der Waals surface area contributed by atoms with Crippen LogP contribution in [0.15, 0.2) is 28.8 Å². The van der Waals surface area contributed by atoms with Gasteiger partial charge in [-0.05, 0) is 13.6 Å². The minimum absolute atomic E-state index is 0.645. The molecule has 11 heavy (non-hydrogen) atoms. The Labute approximate surface area is 71.6 Å². The molecule has 0 amide bonds. The molecule has 0 radical (unpaired) electrons. The van der Waals surface area contributed by atoms with Crippen LogP contribution in [-0.2, 0) is 0 Å². The lowest BCUT2D eigenvalue weighted by molar-refractivity contribution is 1.46. The third-order valence-electron chi connectivity index (χ3n) is 0.875. The lowest BCUT2D eigenvalue weighted by Crippen LogP contribution is -1.91. The van der Waals surface area contributed by atoms with Crippen molar-refractivity contribution in [2.24, 2.45) is 4.99 Å². The third kappa shape index (κ3) is 5.61. The van der Waals surface area contributed by atoms with E-state index in [1.165, 1.54) is 11.8 Å². The zero-order valence-electron chi connectivity index (χ0n) is 6.63. The molecule has 0 unspecified atom stereocenters. The third-order valence-corrected chi connectivity index (χ3v) is 2.06. The molecule has 0 saturated heterocycles. The molecule has 0 bridgehead atoms. The van der Waals surface area contributed by atoms with Gasteiger partial charge in [-0.3, -0.25) is 4.99 Å². The van der Waals surface area contributed by atoms with E-state index < -0.39 is 0 Å². The van der Waals surface area contributed by atoms with Gasteiger partial charge >= 0.3 is 0 Å². The highest BCUT2D eigenvalue weighted by molar-refractivity contribution is 8.03. The Morgan fingerprint density at radius 2 is 2.36 bits per heavy atom. The minimum atomic E-state index is 0.645. The van der Waals surface area contributed by atoms with Gasteiger partial charge in [-0.1, -0.05) is 12.7 Å². The van der Waals surface area contributed by atoms with Gasteiger partial charge in [0.25, 0.3) is 0 Å². The summed E-state index contributed by atoms with van der Waals surface area (Å²) in [6.07, 6.45) is 3.35. The molecular formula is C8H12N2S. The summed E-state index contributed by atoms with van der Waals surface area (Å²) in [6.45, 7) is 8.72. The summed E-state index contributed by atoms with van der Waals surface area (Å²) in [7, 11) is 0. The van der Waals surface area contributed by atoms with Crippen molar-refractivity contribution in [1.29, 1.82) is 5.41 Å². The number of aliphatic imine (C=N–C) groups is 1. The first-order chi connectivity index (χ1) is 5.20. The SMILES string of the molecule is C=C/C(=C/N=C)SCC(C)=N. The van der Waals surface area contributed by atoms with Gasteiger partial charge < -0.3 is 5.41 Å². The molecule has 0 atom stereocenters. The van der Waals surface area contributed by atoms with Gasteiger partial charge in [-0.2, -0.15) is 0 Å². The van der Waals surface area contributed by atoms with Gasteiger partial charge in [0.05, 0.1) is 0 Å². The second-order valence-electron chi connectivity index (χ2n) is 1.99. The number of nitrogens with one attached hydrogen (secondary N) is 1. The van der Waals surface area contributed by atoms with E-state index in [1.54, 1.807) is 19.2 Å². The lowest BCUT2D eigenvalue weighted by atomic mass is 10.5. The molecule has 0 aliphatic carbocycles. The van der Waals surface area contributed by atoms with Crippen LogP contribution in [0.25, 0.3) is 0 Å². The fourth-order valence-corrected chi connectivity index (χ4v) is 1.08. The summed E-state index contributed by atoms with van der Waals surface area (Å²) < 4.78 is 0. The van der Waals surface area contributed by atoms with Crippen LogP contribution in [0.1, 0.15) is 6.92 Å². The average molecular weight is 168 g/mol. The van der Waals surface area contributed by atoms with Crippen molar-refractivity contribution in [2.75, 3.05) is 5.75 Å². The maximum Gasteiger partial charge on any atom is 0.0396 e. The molecule has 0 saturated carbocycles. The molecule has 0 aromatic carbocycles. The highest BCUT2D eigenvalue weighted by Crippen LogP contribution is 2.15. The first-order valence-electron chi connectivity index (χ1n) is 3.16. The molecule has 2 nitrogen and oxygen atoms in total. The number of rotatable bonds is 5. The summed E-state index contributed by atoms with van der Waals surface area (Å²) in [5.41, 5.74) is 0.645. The van der Waals surface area contributed by atoms with Crippen molar-refractivity contribution >= 4 is 24.2 Å². The van der Waals surface area contributed by atoms with E-state index in [-0.39, 0.29) is 0 Å². The Morgan fingerprint density at radius 1 is 1.73 bits per heavy atom. The largest absolute Gasteiger partial charge is 0.309 e. The standard InChI is InChI=1S/C8H12N2S/c1-4-8(5-10-3)11-6-7(2)9/h4-5,9H,1,3,6H2,2H3/b8-5-,9-7?. The second-order valence-corrected chi connectivity index (χ2v) is 3.04.